The van der Waals surface area contributed by atoms with Gasteiger partial charge in [0.2, 0.25) is 17.7 Å². The van der Waals surface area contributed by atoms with Crippen molar-refractivity contribution in [3.05, 3.63) is 90.0 Å². The van der Waals surface area contributed by atoms with E-state index in [4.69, 9.17) is 0 Å². The fourth-order valence-corrected chi connectivity index (χ4v) is 4.82. The lowest BCUT2D eigenvalue weighted by molar-refractivity contribution is -0.145. The highest BCUT2D eigenvalue weighted by Gasteiger charge is 2.39. The van der Waals surface area contributed by atoms with E-state index >= 15 is 0 Å². The maximum Gasteiger partial charge on any atom is 0.243 e. The second-order valence-corrected chi connectivity index (χ2v) is 8.46. The number of benzene rings is 3. The molecule has 2 heterocycles. The Kier molecular flexibility index (Phi) is 5.65. The molecule has 2 atom stereocenters. The van der Waals surface area contributed by atoms with Gasteiger partial charge in [0.15, 0.2) is 0 Å². The minimum Gasteiger partial charge on any atom is -0.353 e. The smallest absolute Gasteiger partial charge is 0.243 e. The average molecular weight is 440 g/mol. The van der Waals surface area contributed by atoms with Gasteiger partial charge in [-0.3, -0.25) is 14.4 Å². The molecule has 3 aromatic carbocycles. The van der Waals surface area contributed by atoms with Crippen molar-refractivity contribution in [1.82, 2.24) is 10.2 Å². The van der Waals surface area contributed by atoms with Crippen LogP contribution < -0.4 is 10.6 Å². The van der Waals surface area contributed by atoms with Gasteiger partial charge in [-0.1, -0.05) is 72.8 Å². The molecule has 3 amide bonds. The van der Waals surface area contributed by atoms with Crippen LogP contribution in [0.25, 0.3) is 11.1 Å². The van der Waals surface area contributed by atoms with E-state index in [-0.39, 0.29) is 24.1 Å². The van der Waals surface area contributed by atoms with Crippen molar-refractivity contribution in [3.8, 4) is 11.1 Å². The number of nitrogens with zero attached hydrogens (tertiary/aromatic N) is 1. The fraction of sp³-hybridized carbons (Fsp3) is 0.222. The van der Waals surface area contributed by atoms with Crippen molar-refractivity contribution in [2.75, 3.05) is 18.4 Å². The minimum atomic E-state index is -0.631. The van der Waals surface area contributed by atoms with Gasteiger partial charge in [0.25, 0.3) is 0 Å². The van der Waals surface area contributed by atoms with Crippen molar-refractivity contribution in [1.29, 1.82) is 0 Å². The van der Waals surface area contributed by atoms with Crippen molar-refractivity contribution in [2.24, 2.45) is 0 Å². The summed E-state index contributed by atoms with van der Waals surface area (Å²) in [4.78, 5) is 40.7. The maximum atomic E-state index is 13.7. The van der Waals surface area contributed by atoms with Crippen LogP contribution in [0.15, 0.2) is 78.9 Å². The van der Waals surface area contributed by atoms with Crippen LogP contribution in [0.1, 0.15) is 23.5 Å². The van der Waals surface area contributed by atoms with Gasteiger partial charge in [0.1, 0.15) is 6.04 Å². The molecule has 3 aromatic rings. The van der Waals surface area contributed by atoms with E-state index in [2.05, 4.69) is 10.6 Å². The van der Waals surface area contributed by atoms with Crippen LogP contribution in [0.5, 0.6) is 0 Å². The molecular weight excluding hydrogens is 414 g/mol. The first kappa shape index (κ1) is 20.9. The maximum absolute atomic E-state index is 13.7. The lowest BCUT2D eigenvalue weighted by atomic mass is 9.87. The number of hydrogen-bond acceptors (Lipinski definition) is 3. The molecule has 6 nitrogen and oxygen atoms in total. The number of rotatable bonds is 4. The molecule has 1 fully saturated rings. The zero-order chi connectivity index (χ0) is 22.8. The third-order valence-electron chi connectivity index (χ3n) is 6.43. The van der Waals surface area contributed by atoms with Gasteiger partial charge >= 0.3 is 0 Å². The molecule has 0 bridgehead atoms. The lowest BCUT2D eigenvalue weighted by Crippen LogP contribution is -2.59. The van der Waals surface area contributed by atoms with Crippen molar-refractivity contribution >= 4 is 23.4 Å². The van der Waals surface area contributed by atoms with Gasteiger partial charge < -0.3 is 15.5 Å². The zero-order valence-electron chi connectivity index (χ0n) is 18.2. The van der Waals surface area contributed by atoms with Crippen molar-refractivity contribution < 1.29 is 14.4 Å². The number of carbonyl (C=O) groups excluding carboxylic acids is 3. The summed E-state index contributed by atoms with van der Waals surface area (Å²) in [5, 5.41) is 5.76. The van der Waals surface area contributed by atoms with Crippen LogP contribution in [0.3, 0.4) is 0 Å². The predicted octanol–water partition coefficient (Wildman–Crippen LogP) is 3.35. The van der Waals surface area contributed by atoms with Crippen LogP contribution >= 0.6 is 0 Å². The first-order valence-electron chi connectivity index (χ1n) is 11.2. The summed E-state index contributed by atoms with van der Waals surface area (Å²) in [6.45, 7) is 0.824. The highest BCUT2D eigenvalue weighted by molar-refractivity contribution is 6.02. The number of fused-ring (bicyclic) bond motifs is 1. The molecule has 0 unspecified atom stereocenters. The summed E-state index contributed by atoms with van der Waals surface area (Å²) in [6.07, 6.45) is 0.491. The van der Waals surface area contributed by atoms with Crippen molar-refractivity contribution in [2.45, 2.75) is 24.8 Å². The summed E-state index contributed by atoms with van der Waals surface area (Å²) >= 11 is 0. The van der Waals surface area contributed by atoms with E-state index in [9.17, 15) is 14.4 Å². The predicted molar refractivity (Wildman–Crippen MR) is 127 cm³/mol. The highest BCUT2D eigenvalue weighted by atomic mass is 16.2. The number of nitrogens with one attached hydrogen (secondary N) is 2. The van der Waals surface area contributed by atoms with Gasteiger partial charge in [-0.25, -0.2) is 0 Å². The molecule has 166 valence electrons. The first-order valence-corrected chi connectivity index (χ1v) is 11.2. The van der Waals surface area contributed by atoms with E-state index in [0.717, 1.165) is 22.3 Å². The summed E-state index contributed by atoms with van der Waals surface area (Å²) in [7, 11) is 0. The quantitative estimate of drug-likeness (QED) is 0.655. The van der Waals surface area contributed by atoms with E-state index < -0.39 is 12.0 Å². The number of piperazine rings is 1. The van der Waals surface area contributed by atoms with Crippen LogP contribution in [-0.4, -0.2) is 41.8 Å². The van der Waals surface area contributed by atoms with Gasteiger partial charge in [0.05, 0.1) is 5.92 Å². The molecule has 6 heteroatoms. The summed E-state index contributed by atoms with van der Waals surface area (Å²) in [6, 6.07) is 24.8. The van der Waals surface area contributed by atoms with Crippen LogP contribution in [0, 0.1) is 0 Å². The number of amides is 3. The lowest BCUT2D eigenvalue weighted by Gasteiger charge is -2.38. The molecule has 2 N–H and O–H groups in total. The Morgan fingerprint density at radius 1 is 0.909 bits per heavy atom. The molecule has 0 aromatic heterocycles. The van der Waals surface area contributed by atoms with Gasteiger partial charge in [0, 0.05) is 31.6 Å². The van der Waals surface area contributed by atoms with Crippen molar-refractivity contribution in [3.63, 3.8) is 0 Å². The Balaban J connectivity index is 1.47. The molecule has 0 aliphatic carbocycles. The van der Waals surface area contributed by atoms with E-state index in [0.29, 0.717) is 25.2 Å². The third-order valence-corrected chi connectivity index (χ3v) is 6.43. The summed E-state index contributed by atoms with van der Waals surface area (Å²) in [5.74, 6) is -1.10. The van der Waals surface area contributed by atoms with E-state index in [1.165, 1.54) is 0 Å². The minimum absolute atomic E-state index is 0.0846. The molecule has 33 heavy (non-hydrogen) atoms. The topological polar surface area (TPSA) is 78.5 Å². The molecule has 5 rings (SSSR count). The number of hydrogen-bond donors (Lipinski definition) is 2. The monoisotopic (exact) mass is 439 g/mol. The van der Waals surface area contributed by atoms with Gasteiger partial charge in [-0.15, -0.1) is 0 Å². The summed E-state index contributed by atoms with van der Waals surface area (Å²) in [5.41, 5.74) is 4.59. The second-order valence-electron chi connectivity index (χ2n) is 8.46. The second kappa shape index (κ2) is 8.90. The Bertz CT molecular complexity index is 1210. The highest BCUT2D eigenvalue weighted by Crippen LogP contribution is 2.34. The Morgan fingerprint density at radius 3 is 2.48 bits per heavy atom. The number of carbonyl (C=O) groups is 3. The SMILES string of the molecule is O=C1C[C@@H](C(=O)N2CCNC(=O)[C@@H]2Cc2ccccc2-c2ccccc2)c2ccccc2N1. The molecule has 2 aliphatic heterocycles. The fourth-order valence-electron chi connectivity index (χ4n) is 4.82. The first-order chi connectivity index (χ1) is 16.1. The molecule has 2 aliphatic rings. The van der Waals surface area contributed by atoms with Gasteiger partial charge in [-0.05, 0) is 28.3 Å². The normalized spacial score (nSPS) is 19.9. The number of para-hydroxylation sites is 1. The average Bonchev–Trinajstić information content (AvgIpc) is 2.85. The Morgan fingerprint density at radius 2 is 1.64 bits per heavy atom. The largest absolute Gasteiger partial charge is 0.353 e. The molecule has 0 saturated carbocycles. The Labute approximate surface area is 192 Å². The molecule has 0 spiro atoms. The third kappa shape index (κ3) is 4.12. The van der Waals surface area contributed by atoms with Crippen LogP contribution in [0.4, 0.5) is 5.69 Å². The van der Waals surface area contributed by atoms with Crippen LogP contribution in [0.2, 0.25) is 0 Å². The molecular formula is C27H25N3O3. The van der Waals surface area contributed by atoms with E-state index in [1.54, 1.807) is 4.90 Å². The Hall–Kier alpha value is -3.93. The van der Waals surface area contributed by atoms with Gasteiger partial charge in [-0.2, -0.15) is 0 Å². The van der Waals surface area contributed by atoms with Crippen LogP contribution in [-0.2, 0) is 20.8 Å². The zero-order valence-corrected chi connectivity index (χ0v) is 18.2. The standard InChI is InChI=1S/C27H25N3O3/c31-25-17-22(21-12-6-7-13-23(21)29-25)27(33)30-15-14-28-26(32)24(30)16-19-10-4-5-11-20(19)18-8-2-1-3-9-18/h1-13,22,24H,14-17H2,(H,28,32)(H,29,31)/t22-,24+/m1/s1. The van der Waals surface area contributed by atoms with E-state index in [1.807, 2.05) is 78.9 Å². The number of anilines is 1. The summed E-state index contributed by atoms with van der Waals surface area (Å²) < 4.78 is 0. The molecule has 0 radical (unpaired) electrons. The molecule has 1 saturated heterocycles.